The molecule has 35 heavy (non-hydrogen) atoms. The molecule has 0 aliphatic carbocycles. The highest BCUT2D eigenvalue weighted by Gasteiger charge is 2.31. The zero-order valence-corrected chi connectivity index (χ0v) is 18.3. The van der Waals surface area contributed by atoms with Crippen LogP contribution in [-0.4, -0.2) is 46.2 Å². The van der Waals surface area contributed by atoms with E-state index in [4.69, 9.17) is 4.74 Å². The third-order valence-corrected chi connectivity index (χ3v) is 5.64. The van der Waals surface area contributed by atoms with Crippen LogP contribution in [0.1, 0.15) is 28.8 Å². The molecule has 2 aromatic carbocycles. The molecule has 1 amide bonds. The Balaban J connectivity index is 1.78. The molecule has 4 rings (SSSR count). The number of hydrogen-bond donors (Lipinski definition) is 2. The van der Waals surface area contributed by atoms with E-state index < -0.39 is 47.8 Å². The zero-order valence-electron chi connectivity index (χ0n) is 18.3. The molecule has 2 heterocycles. The highest BCUT2D eigenvalue weighted by Crippen LogP contribution is 2.30. The number of benzene rings is 2. The smallest absolute Gasteiger partial charge is 0.394 e. The van der Waals surface area contributed by atoms with Crippen molar-refractivity contribution >= 4 is 5.91 Å². The van der Waals surface area contributed by atoms with Crippen LogP contribution < -0.4 is 10.9 Å². The van der Waals surface area contributed by atoms with E-state index in [1.54, 1.807) is 0 Å². The first-order chi connectivity index (χ1) is 16.7. The van der Waals surface area contributed by atoms with Gasteiger partial charge in [-0.25, -0.2) is 4.39 Å². The minimum atomic E-state index is -4.54. The van der Waals surface area contributed by atoms with Gasteiger partial charge in [-0.05, 0) is 49.2 Å². The number of nitrogens with zero attached hydrogens (tertiary/aromatic N) is 2. The number of halogens is 4. The second-order valence-corrected chi connectivity index (χ2v) is 8.03. The summed E-state index contributed by atoms with van der Waals surface area (Å²) in [6.45, 7) is 0.0576. The van der Waals surface area contributed by atoms with Crippen molar-refractivity contribution in [3.05, 3.63) is 81.9 Å². The Labute approximate surface area is 197 Å². The third-order valence-electron chi connectivity index (χ3n) is 5.64. The van der Waals surface area contributed by atoms with Crippen LogP contribution in [0.2, 0.25) is 0 Å². The van der Waals surface area contributed by atoms with Crippen LogP contribution in [0.25, 0.3) is 16.9 Å². The van der Waals surface area contributed by atoms with Crippen molar-refractivity contribution in [2.75, 3.05) is 13.2 Å². The molecule has 0 spiro atoms. The molecule has 1 saturated heterocycles. The Morgan fingerprint density at radius 1 is 1.20 bits per heavy atom. The SMILES string of the molecule is O=C(N[C@@H](CO)[C@@H]1CCCO1)c1cc(-c2ccc(C(F)(F)F)cc2)nn(-c2cccc(F)c2)c1=O. The van der Waals surface area contributed by atoms with Crippen LogP contribution in [0.3, 0.4) is 0 Å². The largest absolute Gasteiger partial charge is 0.416 e. The topological polar surface area (TPSA) is 93.4 Å². The van der Waals surface area contributed by atoms with E-state index in [1.807, 2.05) is 0 Å². The normalized spacial score (nSPS) is 16.8. The van der Waals surface area contributed by atoms with Crippen molar-refractivity contribution in [2.24, 2.45) is 0 Å². The fourth-order valence-electron chi connectivity index (χ4n) is 3.83. The lowest BCUT2D eigenvalue weighted by Crippen LogP contribution is -2.47. The zero-order chi connectivity index (χ0) is 25.2. The van der Waals surface area contributed by atoms with Gasteiger partial charge < -0.3 is 15.2 Å². The summed E-state index contributed by atoms with van der Waals surface area (Å²) in [6, 6.07) is 9.37. The van der Waals surface area contributed by atoms with Gasteiger partial charge in [-0.1, -0.05) is 18.2 Å². The van der Waals surface area contributed by atoms with E-state index in [9.17, 15) is 32.3 Å². The number of nitrogens with one attached hydrogen (secondary N) is 1. The summed E-state index contributed by atoms with van der Waals surface area (Å²) in [5.41, 5.74) is -1.88. The summed E-state index contributed by atoms with van der Waals surface area (Å²) in [5, 5.41) is 16.5. The van der Waals surface area contributed by atoms with Gasteiger partial charge in [-0.3, -0.25) is 9.59 Å². The van der Waals surface area contributed by atoms with Crippen LogP contribution in [0, 0.1) is 5.82 Å². The maximum Gasteiger partial charge on any atom is 0.416 e. The van der Waals surface area contributed by atoms with E-state index in [0.29, 0.717) is 13.0 Å². The van der Waals surface area contributed by atoms with Crippen molar-refractivity contribution < 1.29 is 32.2 Å². The number of aliphatic hydroxyl groups excluding tert-OH is 1. The van der Waals surface area contributed by atoms with E-state index in [0.717, 1.165) is 53.6 Å². The molecular weight excluding hydrogens is 470 g/mol. The monoisotopic (exact) mass is 491 g/mol. The molecule has 1 aromatic heterocycles. The summed E-state index contributed by atoms with van der Waals surface area (Å²) < 4.78 is 59.1. The van der Waals surface area contributed by atoms with Gasteiger partial charge in [0.25, 0.3) is 11.5 Å². The van der Waals surface area contributed by atoms with Crippen LogP contribution in [-0.2, 0) is 10.9 Å². The number of aliphatic hydroxyl groups is 1. The Hall–Kier alpha value is -3.57. The minimum absolute atomic E-state index is 0.0189. The standard InChI is InChI=1S/C24H21F4N3O4/c25-16-3-1-4-17(11-16)31-23(34)18(22(33)29-20(13-32)21-5-2-10-35-21)12-19(30-31)14-6-8-15(9-7-14)24(26,27)28/h1,3-4,6-9,11-12,20-21,32H,2,5,10,13H2,(H,29,33)/t20-,21-/m0/s1. The van der Waals surface area contributed by atoms with Crippen LogP contribution in [0.5, 0.6) is 0 Å². The van der Waals surface area contributed by atoms with E-state index in [1.165, 1.54) is 12.1 Å². The van der Waals surface area contributed by atoms with Crippen LogP contribution in [0.15, 0.2) is 59.4 Å². The highest BCUT2D eigenvalue weighted by molar-refractivity contribution is 5.95. The average molecular weight is 491 g/mol. The Kier molecular flexibility index (Phi) is 6.99. The predicted octanol–water partition coefficient (Wildman–Crippen LogP) is 3.33. The number of alkyl halides is 3. The molecule has 0 saturated carbocycles. The van der Waals surface area contributed by atoms with Gasteiger partial charge in [-0.2, -0.15) is 23.0 Å². The van der Waals surface area contributed by atoms with Gasteiger partial charge in [0, 0.05) is 12.2 Å². The van der Waals surface area contributed by atoms with Crippen molar-refractivity contribution in [3.8, 4) is 16.9 Å². The predicted molar refractivity (Wildman–Crippen MR) is 118 cm³/mol. The van der Waals surface area contributed by atoms with Crippen molar-refractivity contribution in [1.82, 2.24) is 15.1 Å². The second-order valence-electron chi connectivity index (χ2n) is 8.03. The average Bonchev–Trinajstić information content (AvgIpc) is 3.37. The summed E-state index contributed by atoms with van der Waals surface area (Å²) in [4.78, 5) is 26.2. The van der Waals surface area contributed by atoms with Gasteiger partial charge in [0.15, 0.2) is 0 Å². The van der Waals surface area contributed by atoms with E-state index >= 15 is 0 Å². The molecule has 1 aliphatic rings. The highest BCUT2D eigenvalue weighted by atomic mass is 19.4. The summed E-state index contributed by atoms with van der Waals surface area (Å²) in [5.74, 6) is -1.48. The van der Waals surface area contributed by atoms with Gasteiger partial charge in [-0.15, -0.1) is 0 Å². The number of carbonyl (C=O) groups is 1. The molecule has 184 valence electrons. The molecule has 3 aromatic rings. The molecule has 2 N–H and O–H groups in total. The molecule has 2 atom stereocenters. The minimum Gasteiger partial charge on any atom is -0.394 e. The number of hydrogen-bond acceptors (Lipinski definition) is 5. The lowest BCUT2D eigenvalue weighted by molar-refractivity contribution is -0.137. The fourth-order valence-corrected chi connectivity index (χ4v) is 3.83. The molecule has 7 nitrogen and oxygen atoms in total. The molecule has 0 radical (unpaired) electrons. The van der Waals surface area contributed by atoms with Crippen LogP contribution in [0.4, 0.5) is 17.6 Å². The summed E-state index contributed by atoms with van der Waals surface area (Å²) in [6.07, 6.45) is -3.59. The van der Waals surface area contributed by atoms with Crippen molar-refractivity contribution in [1.29, 1.82) is 0 Å². The summed E-state index contributed by atoms with van der Waals surface area (Å²) in [7, 11) is 0. The maximum absolute atomic E-state index is 13.8. The van der Waals surface area contributed by atoms with Gasteiger partial charge in [0.1, 0.15) is 11.4 Å². The lowest BCUT2D eigenvalue weighted by Gasteiger charge is -2.22. The fraction of sp³-hybridized carbons (Fsp3) is 0.292. The van der Waals surface area contributed by atoms with Crippen molar-refractivity contribution in [3.63, 3.8) is 0 Å². The molecule has 1 aliphatic heterocycles. The Bertz CT molecular complexity index is 1270. The van der Waals surface area contributed by atoms with Crippen molar-refractivity contribution in [2.45, 2.75) is 31.2 Å². The lowest BCUT2D eigenvalue weighted by atomic mass is 10.1. The maximum atomic E-state index is 13.8. The van der Waals surface area contributed by atoms with Gasteiger partial charge >= 0.3 is 6.18 Å². The molecule has 0 bridgehead atoms. The second kappa shape index (κ2) is 9.96. The number of carbonyl (C=O) groups excluding carboxylic acids is 1. The van der Waals surface area contributed by atoms with Crippen LogP contribution >= 0.6 is 0 Å². The van der Waals surface area contributed by atoms with E-state index in [2.05, 4.69) is 10.4 Å². The Morgan fingerprint density at radius 3 is 2.54 bits per heavy atom. The third kappa shape index (κ3) is 5.41. The number of aromatic nitrogens is 2. The Morgan fingerprint density at radius 2 is 1.94 bits per heavy atom. The molecular formula is C24H21F4N3O4. The van der Waals surface area contributed by atoms with Gasteiger partial charge in [0.05, 0.1) is 35.7 Å². The molecule has 11 heteroatoms. The molecule has 0 unspecified atom stereocenters. The summed E-state index contributed by atoms with van der Waals surface area (Å²) >= 11 is 0. The number of rotatable bonds is 6. The van der Waals surface area contributed by atoms with Gasteiger partial charge in [0.2, 0.25) is 0 Å². The molecule has 1 fully saturated rings. The number of amides is 1. The first-order valence-electron chi connectivity index (χ1n) is 10.8. The first-order valence-corrected chi connectivity index (χ1v) is 10.8. The van der Waals surface area contributed by atoms with E-state index in [-0.39, 0.29) is 22.5 Å². The number of ether oxygens (including phenoxy) is 1. The first kappa shape index (κ1) is 24.6. The quantitative estimate of drug-likeness (QED) is 0.516.